The zero-order chi connectivity index (χ0) is 15.1. The van der Waals surface area contributed by atoms with Crippen molar-refractivity contribution in [1.29, 1.82) is 0 Å². The molecule has 0 aliphatic heterocycles. The molecule has 0 saturated heterocycles. The normalized spacial score (nSPS) is 15.5. The molecule has 108 valence electrons. The van der Waals surface area contributed by atoms with Gasteiger partial charge in [0.05, 0.1) is 11.5 Å². The van der Waals surface area contributed by atoms with Gasteiger partial charge in [-0.15, -0.1) is 0 Å². The molecule has 0 atom stereocenters. The Kier molecular flexibility index (Phi) is 3.43. The maximum Gasteiger partial charge on any atom is 0.342 e. The van der Waals surface area contributed by atoms with Gasteiger partial charge in [0.15, 0.2) is 0 Å². The molecule has 2 heterocycles. The Bertz CT molecular complexity index is 937. The summed E-state index contributed by atoms with van der Waals surface area (Å²) in [6, 6.07) is 10.7. The van der Waals surface area contributed by atoms with Gasteiger partial charge in [-0.1, -0.05) is 47.8 Å². The van der Waals surface area contributed by atoms with Crippen LogP contribution >= 0.6 is 27.3 Å². The molecule has 0 amide bonds. The van der Waals surface area contributed by atoms with E-state index in [-0.39, 0.29) is 0 Å². The number of nitrogens with zero attached hydrogens (tertiary/aromatic N) is 2. The van der Waals surface area contributed by atoms with Gasteiger partial charge in [0.2, 0.25) is 5.01 Å². The lowest BCUT2D eigenvalue weighted by atomic mass is 9.92. The van der Waals surface area contributed by atoms with Gasteiger partial charge in [-0.3, -0.25) is 0 Å². The lowest BCUT2D eigenvalue weighted by molar-refractivity contribution is -0.647. The van der Waals surface area contributed by atoms with Crippen molar-refractivity contribution >= 4 is 49.3 Å². The quantitative estimate of drug-likeness (QED) is 0.575. The average molecular weight is 370 g/mol. The summed E-state index contributed by atoms with van der Waals surface area (Å²) in [5.41, 5.74) is 4.95. The van der Waals surface area contributed by atoms with Gasteiger partial charge in [-0.2, -0.15) is 0 Å². The molecular weight excluding hydrogens is 356 g/mol. The lowest BCUT2D eigenvalue weighted by Gasteiger charge is -2.12. The smallest absolute Gasteiger partial charge is 0.231 e. The van der Waals surface area contributed by atoms with Gasteiger partial charge in [-0.05, 0) is 50.1 Å². The summed E-state index contributed by atoms with van der Waals surface area (Å²) >= 11 is 5.27. The number of fused-ring (bicyclic) bond motifs is 2. The first-order valence-corrected chi connectivity index (χ1v) is 8.74. The zero-order valence-corrected chi connectivity index (χ0v) is 14.5. The van der Waals surface area contributed by atoms with Gasteiger partial charge in [0, 0.05) is 6.08 Å². The zero-order valence-electron chi connectivity index (χ0n) is 12.1. The first kappa shape index (κ1) is 13.9. The van der Waals surface area contributed by atoms with Crippen molar-refractivity contribution in [3.05, 3.63) is 69.3 Å². The summed E-state index contributed by atoms with van der Waals surface area (Å²) in [5, 5.41) is 1.04. The molecule has 0 radical (unpaired) electrons. The molecule has 4 heteroatoms. The Hall–Kier alpha value is -1.78. The fourth-order valence-corrected chi connectivity index (χ4v) is 4.50. The van der Waals surface area contributed by atoms with Gasteiger partial charge in [-0.25, -0.2) is 4.57 Å². The lowest BCUT2D eigenvalue weighted by Crippen LogP contribution is -2.28. The van der Waals surface area contributed by atoms with Crippen LogP contribution in [0.2, 0.25) is 0 Å². The van der Waals surface area contributed by atoms with Crippen LogP contribution in [-0.4, -0.2) is 4.98 Å². The topological polar surface area (TPSA) is 16.8 Å². The van der Waals surface area contributed by atoms with Crippen LogP contribution < -0.4 is 4.57 Å². The van der Waals surface area contributed by atoms with Crippen molar-refractivity contribution in [2.45, 2.75) is 6.42 Å². The minimum absolute atomic E-state index is 1.01. The van der Waals surface area contributed by atoms with Crippen LogP contribution in [0.4, 0.5) is 0 Å². The fraction of sp³-hybridized carbons (Fsp3) is 0.111. The molecule has 0 N–H and O–H groups in total. The number of halogens is 1. The van der Waals surface area contributed by atoms with E-state index in [1.165, 1.54) is 21.4 Å². The predicted octanol–water partition coefficient (Wildman–Crippen LogP) is 4.54. The van der Waals surface area contributed by atoms with Crippen molar-refractivity contribution in [2.75, 3.05) is 0 Å². The van der Waals surface area contributed by atoms with Gasteiger partial charge >= 0.3 is 5.65 Å². The molecule has 0 fully saturated rings. The number of hydrogen-bond acceptors (Lipinski definition) is 2. The van der Waals surface area contributed by atoms with Crippen LogP contribution in [0.1, 0.15) is 16.1 Å². The third kappa shape index (κ3) is 2.42. The molecule has 0 bridgehead atoms. The molecule has 22 heavy (non-hydrogen) atoms. The van der Waals surface area contributed by atoms with E-state index in [4.69, 9.17) is 4.98 Å². The second-order valence-electron chi connectivity index (χ2n) is 5.37. The highest BCUT2D eigenvalue weighted by atomic mass is 79.9. The van der Waals surface area contributed by atoms with E-state index < -0.39 is 0 Å². The van der Waals surface area contributed by atoms with E-state index >= 15 is 0 Å². The first-order valence-electron chi connectivity index (χ1n) is 7.13. The van der Waals surface area contributed by atoms with Crippen molar-refractivity contribution in [2.24, 2.45) is 7.05 Å². The molecule has 1 aliphatic carbocycles. The third-order valence-corrected chi connectivity index (χ3v) is 5.19. The highest BCUT2D eigenvalue weighted by Gasteiger charge is 2.16. The Morgan fingerprint density at radius 2 is 2.18 bits per heavy atom. The Morgan fingerprint density at radius 1 is 1.32 bits per heavy atom. The van der Waals surface area contributed by atoms with Crippen LogP contribution in [-0.2, 0) is 13.5 Å². The number of thiazole rings is 1. The van der Waals surface area contributed by atoms with E-state index in [2.05, 4.69) is 69.1 Å². The van der Waals surface area contributed by atoms with E-state index in [1.807, 2.05) is 13.2 Å². The molecular formula is C18H14BrN2S+. The number of aromatic nitrogens is 2. The second-order valence-corrected chi connectivity index (χ2v) is 7.35. The molecule has 1 aliphatic rings. The largest absolute Gasteiger partial charge is 0.342 e. The van der Waals surface area contributed by atoms with Gasteiger partial charge in [0.25, 0.3) is 0 Å². The number of benzene rings is 1. The molecule has 1 aromatic carbocycles. The summed E-state index contributed by atoms with van der Waals surface area (Å²) in [4.78, 5) is 4.77. The van der Waals surface area contributed by atoms with Crippen molar-refractivity contribution in [3.63, 3.8) is 0 Å². The van der Waals surface area contributed by atoms with Crippen LogP contribution in [0.5, 0.6) is 0 Å². The van der Waals surface area contributed by atoms with Gasteiger partial charge < -0.3 is 0 Å². The predicted molar refractivity (Wildman–Crippen MR) is 95.7 cm³/mol. The first-order chi connectivity index (χ1) is 10.7. The number of hydrogen-bond donors (Lipinski definition) is 0. The van der Waals surface area contributed by atoms with Gasteiger partial charge in [0.1, 0.15) is 10.9 Å². The molecule has 3 aromatic rings. The van der Waals surface area contributed by atoms with Crippen LogP contribution in [0.15, 0.2) is 53.2 Å². The SMILES string of the molecule is C[n+]1cc(Br)cc2sc(C=C3C=CCc4ccccc43)nc21. The second kappa shape index (κ2) is 5.45. The standard InChI is InChI=1S/C18H14BrN2S/c1-21-11-14(19)10-16-18(21)20-17(22-16)9-13-7-4-6-12-5-2-3-8-15(12)13/h2-5,7-11H,6H2,1H3/q+1. The Morgan fingerprint density at radius 3 is 3.09 bits per heavy atom. The summed E-state index contributed by atoms with van der Waals surface area (Å²) in [6.45, 7) is 0. The van der Waals surface area contributed by atoms with Crippen LogP contribution in [0.3, 0.4) is 0 Å². The molecule has 4 rings (SSSR count). The molecule has 0 saturated carbocycles. The van der Waals surface area contributed by atoms with E-state index in [0.717, 1.165) is 21.5 Å². The van der Waals surface area contributed by atoms with E-state index in [0.29, 0.717) is 0 Å². The fourth-order valence-electron chi connectivity index (χ4n) is 2.80. The Balaban J connectivity index is 1.85. The van der Waals surface area contributed by atoms with Crippen molar-refractivity contribution in [1.82, 2.24) is 4.98 Å². The molecule has 0 spiro atoms. The maximum atomic E-state index is 4.77. The molecule has 0 unspecified atom stereocenters. The van der Waals surface area contributed by atoms with Crippen molar-refractivity contribution < 1.29 is 4.57 Å². The summed E-state index contributed by atoms with van der Waals surface area (Å²) in [5.74, 6) is 0. The number of allylic oxidation sites excluding steroid dienone is 3. The number of pyridine rings is 1. The minimum atomic E-state index is 1.01. The average Bonchev–Trinajstić information content (AvgIpc) is 2.90. The summed E-state index contributed by atoms with van der Waals surface area (Å²) < 4.78 is 4.33. The summed E-state index contributed by atoms with van der Waals surface area (Å²) in [6.07, 6.45) is 9.65. The third-order valence-electron chi connectivity index (χ3n) is 3.81. The number of aryl methyl sites for hydroxylation is 1. The highest BCUT2D eigenvalue weighted by molar-refractivity contribution is 9.10. The van der Waals surface area contributed by atoms with E-state index in [1.54, 1.807) is 11.3 Å². The van der Waals surface area contributed by atoms with E-state index in [9.17, 15) is 0 Å². The van der Waals surface area contributed by atoms with Crippen LogP contribution in [0, 0.1) is 0 Å². The maximum absolute atomic E-state index is 4.77. The van der Waals surface area contributed by atoms with Crippen molar-refractivity contribution in [3.8, 4) is 0 Å². The minimum Gasteiger partial charge on any atom is -0.231 e. The number of rotatable bonds is 1. The molecule has 2 nitrogen and oxygen atoms in total. The molecule has 2 aromatic heterocycles. The Labute approximate surface area is 141 Å². The monoisotopic (exact) mass is 369 g/mol. The van der Waals surface area contributed by atoms with Crippen LogP contribution in [0.25, 0.3) is 22.0 Å². The highest BCUT2D eigenvalue weighted by Crippen LogP contribution is 2.30. The summed E-state index contributed by atoms with van der Waals surface area (Å²) in [7, 11) is 2.03.